The molecule has 25 heavy (non-hydrogen) atoms. The summed E-state index contributed by atoms with van der Waals surface area (Å²) in [5, 5.41) is 6.47. The van der Waals surface area contributed by atoms with Crippen molar-refractivity contribution in [2.45, 2.75) is 39.4 Å². The predicted octanol–water partition coefficient (Wildman–Crippen LogP) is 3.25. The van der Waals surface area contributed by atoms with E-state index < -0.39 is 12.7 Å². The van der Waals surface area contributed by atoms with Gasteiger partial charge < -0.3 is 10.6 Å². The summed E-state index contributed by atoms with van der Waals surface area (Å²) in [7, 11) is 0. The van der Waals surface area contributed by atoms with E-state index in [4.69, 9.17) is 0 Å². The Morgan fingerprint density at radius 2 is 2.04 bits per heavy atom. The number of alkyl halides is 3. The molecule has 0 aliphatic carbocycles. The second-order valence-corrected chi connectivity index (χ2v) is 7.56. The van der Waals surface area contributed by atoms with Crippen LogP contribution in [0.4, 0.5) is 13.2 Å². The molecule has 142 valence electrons. The highest BCUT2D eigenvalue weighted by atomic mass is 32.1. The molecule has 8 heteroatoms. The molecule has 0 spiro atoms. The fourth-order valence-electron chi connectivity index (χ4n) is 2.91. The molecule has 1 aliphatic heterocycles. The molecule has 2 heterocycles. The number of rotatable bonds is 7. The van der Waals surface area contributed by atoms with Gasteiger partial charge in [0.25, 0.3) is 0 Å². The van der Waals surface area contributed by atoms with E-state index in [2.05, 4.69) is 34.7 Å². The summed E-state index contributed by atoms with van der Waals surface area (Å²) < 4.78 is 37.4. The number of thiophene rings is 1. The third-order valence-electron chi connectivity index (χ3n) is 4.13. The van der Waals surface area contributed by atoms with E-state index in [-0.39, 0.29) is 5.92 Å². The molecular formula is C17H27F3N4S. The zero-order valence-corrected chi connectivity index (χ0v) is 15.6. The van der Waals surface area contributed by atoms with E-state index in [1.54, 1.807) is 11.3 Å². The van der Waals surface area contributed by atoms with Crippen LogP contribution in [0.25, 0.3) is 0 Å². The van der Waals surface area contributed by atoms with E-state index in [1.165, 1.54) is 14.7 Å². The summed E-state index contributed by atoms with van der Waals surface area (Å²) in [4.78, 5) is 8.62. The molecule has 0 amide bonds. The van der Waals surface area contributed by atoms with Gasteiger partial charge in [-0.3, -0.25) is 4.90 Å². The number of nitrogens with one attached hydrogen (secondary N) is 2. The van der Waals surface area contributed by atoms with Crippen molar-refractivity contribution < 1.29 is 13.2 Å². The standard InChI is InChI=1S/C17H27F3N4S/c1-3-14-5-6-15(25-14)10-23-16(21-4-2)22-9-13-7-8-24(11-13)12-17(18,19)20/h5-6,13H,3-4,7-12H2,1-2H3,(H2,21,22,23). The van der Waals surface area contributed by atoms with E-state index in [0.29, 0.717) is 26.2 Å². The second kappa shape index (κ2) is 9.43. The Labute approximate surface area is 151 Å². The maximum absolute atomic E-state index is 12.5. The van der Waals surface area contributed by atoms with E-state index in [9.17, 15) is 13.2 Å². The first-order valence-corrected chi connectivity index (χ1v) is 9.60. The number of hydrogen-bond acceptors (Lipinski definition) is 3. The van der Waals surface area contributed by atoms with Crippen molar-refractivity contribution in [1.82, 2.24) is 15.5 Å². The third-order valence-corrected chi connectivity index (χ3v) is 5.35. The van der Waals surface area contributed by atoms with Crippen LogP contribution >= 0.6 is 11.3 Å². The van der Waals surface area contributed by atoms with Crippen LogP contribution in [0.2, 0.25) is 0 Å². The van der Waals surface area contributed by atoms with Gasteiger partial charge in [0.05, 0.1) is 13.1 Å². The van der Waals surface area contributed by atoms with Crippen LogP contribution < -0.4 is 10.6 Å². The molecule has 2 N–H and O–H groups in total. The van der Waals surface area contributed by atoms with Gasteiger partial charge in [0, 0.05) is 29.4 Å². The van der Waals surface area contributed by atoms with Gasteiger partial charge in [0.2, 0.25) is 0 Å². The largest absolute Gasteiger partial charge is 0.401 e. The monoisotopic (exact) mass is 376 g/mol. The zero-order valence-electron chi connectivity index (χ0n) is 14.8. The molecule has 4 nitrogen and oxygen atoms in total. The minimum Gasteiger partial charge on any atom is -0.357 e. The van der Waals surface area contributed by atoms with Crippen LogP contribution in [-0.2, 0) is 13.0 Å². The topological polar surface area (TPSA) is 39.7 Å². The van der Waals surface area contributed by atoms with Crippen LogP contribution in [0.3, 0.4) is 0 Å². The number of hydrogen-bond donors (Lipinski definition) is 2. The lowest BCUT2D eigenvalue weighted by Gasteiger charge is -2.18. The van der Waals surface area contributed by atoms with Gasteiger partial charge in [-0.25, -0.2) is 4.99 Å². The highest BCUT2D eigenvalue weighted by Gasteiger charge is 2.34. The summed E-state index contributed by atoms with van der Waals surface area (Å²) >= 11 is 1.77. The quantitative estimate of drug-likeness (QED) is 0.567. The Kier molecular flexibility index (Phi) is 7.56. The van der Waals surface area contributed by atoms with Crippen molar-refractivity contribution in [2.24, 2.45) is 10.9 Å². The normalized spacial score (nSPS) is 19.4. The van der Waals surface area contributed by atoms with Crippen LogP contribution in [0.5, 0.6) is 0 Å². The fraction of sp³-hybridized carbons (Fsp3) is 0.706. The first kappa shape index (κ1) is 20.0. The van der Waals surface area contributed by atoms with Crippen molar-refractivity contribution in [3.05, 3.63) is 21.9 Å². The SMILES string of the molecule is CCNC(=NCc1ccc(CC)s1)NCC1CCN(CC(F)(F)F)C1. The molecule has 1 aromatic rings. The lowest BCUT2D eigenvalue weighted by molar-refractivity contribution is -0.143. The second-order valence-electron chi connectivity index (χ2n) is 6.30. The molecule has 0 bridgehead atoms. The number of halogens is 3. The van der Waals surface area contributed by atoms with Gasteiger partial charge in [-0.1, -0.05) is 6.92 Å². The first-order valence-electron chi connectivity index (χ1n) is 8.78. The Morgan fingerprint density at radius 3 is 2.68 bits per heavy atom. The van der Waals surface area contributed by atoms with E-state index >= 15 is 0 Å². The summed E-state index contributed by atoms with van der Waals surface area (Å²) in [5.41, 5.74) is 0. The number of likely N-dealkylation sites (tertiary alicyclic amines) is 1. The molecular weight excluding hydrogens is 349 g/mol. The molecule has 1 fully saturated rings. The Balaban J connectivity index is 1.80. The molecule has 0 radical (unpaired) electrons. The summed E-state index contributed by atoms with van der Waals surface area (Å²) in [5.74, 6) is 0.947. The number of nitrogens with zero attached hydrogens (tertiary/aromatic N) is 2. The molecule has 1 aliphatic rings. The summed E-state index contributed by atoms with van der Waals surface area (Å²) in [6.45, 7) is 6.32. The van der Waals surface area contributed by atoms with Crippen LogP contribution in [-0.4, -0.2) is 49.8 Å². The summed E-state index contributed by atoms with van der Waals surface area (Å²) in [6.07, 6.45) is -2.30. The molecule has 2 rings (SSSR count). The third kappa shape index (κ3) is 7.23. The van der Waals surface area contributed by atoms with Crippen LogP contribution in [0.1, 0.15) is 30.0 Å². The van der Waals surface area contributed by atoms with Crippen molar-refractivity contribution in [1.29, 1.82) is 0 Å². The Bertz CT molecular complexity index is 556. The van der Waals surface area contributed by atoms with Gasteiger partial charge in [0.15, 0.2) is 5.96 Å². The van der Waals surface area contributed by atoms with Crippen molar-refractivity contribution in [3.63, 3.8) is 0 Å². The lowest BCUT2D eigenvalue weighted by atomic mass is 10.1. The zero-order chi connectivity index (χ0) is 18.3. The molecule has 1 saturated heterocycles. The highest BCUT2D eigenvalue weighted by Crippen LogP contribution is 2.22. The number of aliphatic imine (C=N–C) groups is 1. The average molecular weight is 376 g/mol. The summed E-state index contributed by atoms with van der Waals surface area (Å²) in [6, 6.07) is 4.23. The average Bonchev–Trinajstić information content (AvgIpc) is 3.17. The maximum Gasteiger partial charge on any atom is 0.401 e. The van der Waals surface area contributed by atoms with Gasteiger partial charge in [-0.2, -0.15) is 13.2 Å². The molecule has 1 aromatic heterocycles. The number of guanidine groups is 1. The van der Waals surface area contributed by atoms with E-state index in [0.717, 1.165) is 25.3 Å². The minimum absolute atomic E-state index is 0.222. The van der Waals surface area contributed by atoms with Crippen molar-refractivity contribution in [3.8, 4) is 0 Å². The molecule has 1 atom stereocenters. The minimum atomic E-state index is -4.11. The molecule has 1 unspecified atom stereocenters. The van der Waals surface area contributed by atoms with Crippen LogP contribution in [0.15, 0.2) is 17.1 Å². The predicted molar refractivity (Wildman–Crippen MR) is 97.1 cm³/mol. The smallest absolute Gasteiger partial charge is 0.357 e. The van der Waals surface area contributed by atoms with Gasteiger partial charge >= 0.3 is 6.18 Å². The Hall–Kier alpha value is -1.28. The maximum atomic E-state index is 12.5. The Morgan fingerprint density at radius 1 is 1.28 bits per heavy atom. The van der Waals surface area contributed by atoms with Gasteiger partial charge in [-0.15, -0.1) is 11.3 Å². The van der Waals surface area contributed by atoms with E-state index in [1.807, 2.05) is 6.92 Å². The van der Waals surface area contributed by atoms with Crippen molar-refractivity contribution in [2.75, 3.05) is 32.7 Å². The number of aryl methyl sites for hydroxylation is 1. The molecule has 0 saturated carbocycles. The van der Waals surface area contributed by atoms with Gasteiger partial charge in [-0.05, 0) is 44.4 Å². The fourth-order valence-corrected chi connectivity index (χ4v) is 3.80. The highest BCUT2D eigenvalue weighted by molar-refractivity contribution is 7.11. The first-order chi connectivity index (χ1) is 11.9. The lowest BCUT2D eigenvalue weighted by Crippen LogP contribution is -2.40. The molecule has 0 aromatic carbocycles. The van der Waals surface area contributed by atoms with Crippen LogP contribution in [0, 0.1) is 5.92 Å². The van der Waals surface area contributed by atoms with Gasteiger partial charge in [0.1, 0.15) is 0 Å². The van der Waals surface area contributed by atoms with Crippen molar-refractivity contribution >= 4 is 17.3 Å².